The Morgan fingerprint density at radius 2 is 2.31 bits per heavy atom. The zero-order valence-electron chi connectivity index (χ0n) is 9.99. The molecule has 5 heteroatoms. The number of carbonyl (C=O) groups is 2. The zero-order valence-corrected chi connectivity index (χ0v) is 9.99. The summed E-state index contributed by atoms with van der Waals surface area (Å²) in [6.07, 6.45) is 0.369. The monoisotopic (exact) mass is 229 g/mol. The van der Waals surface area contributed by atoms with E-state index in [4.69, 9.17) is 9.47 Å². The number of hydrogen-bond acceptors (Lipinski definition) is 4. The van der Waals surface area contributed by atoms with Crippen LogP contribution in [0.5, 0.6) is 0 Å². The average molecular weight is 229 g/mol. The van der Waals surface area contributed by atoms with Crippen LogP contribution in [0.1, 0.15) is 20.3 Å². The number of rotatable bonds is 5. The summed E-state index contributed by atoms with van der Waals surface area (Å²) in [6.45, 7) is 4.59. The van der Waals surface area contributed by atoms with Gasteiger partial charge in [-0.3, -0.25) is 4.79 Å². The summed E-state index contributed by atoms with van der Waals surface area (Å²) < 4.78 is 9.99. The van der Waals surface area contributed by atoms with Gasteiger partial charge >= 0.3 is 5.97 Å². The Morgan fingerprint density at radius 3 is 2.88 bits per heavy atom. The van der Waals surface area contributed by atoms with Crippen molar-refractivity contribution in [2.24, 2.45) is 11.8 Å². The fourth-order valence-corrected chi connectivity index (χ4v) is 2.05. The molecule has 0 radical (unpaired) electrons. The second kappa shape index (κ2) is 5.84. The molecule has 1 heterocycles. The highest BCUT2D eigenvalue weighted by Crippen LogP contribution is 2.26. The molecule has 0 spiro atoms. The van der Waals surface area contributed by atoms with Crippen molar-refractivity contribution in [3.8, 4) is 0 Å². The first-order valence-corrected chi connectivity index (χ1v) is 5.55. The van der Waals surface area contributed by atoms with Gasteiger partial charge in [0.15, 0.2) is 0 Å². The molecule has 3 unspecified atom stereocenters. The van der Waals surface area contributed by atoms with Gasteiger partial charge in [0, 0.05) is 26.1 Å². The summed E-state index contributed by atoms with van der Waals surface area (Å²) in [7, 11) is 1.61. The molecule has 0 aromatic heterocycles. The summed E-state index contributed by atoms with van der Waals surface area (Å²) >= 11 is 0. The summed E-state index contributed by atoms with van der Waals surface area (Å²) in [5.74, 6) is -0.322. The lowest BCUT2D eigenvalue weighted by molar-refractivity contribution is -0.147. The molecule has 0 aromatic rings. The first-order chi connectivity index (χ1) is 7.60. The van der Waals surface area contributed by atoms with Gasteiger partial charge in [0.2, 0.25) is 5.91 Å². The quantitative estimate of drug-likeness (QED) is 0.690. The number of amides is 1. The lowest BCUT2D eigenvalue weighted by atomic mass is 9.88. The molecule has 1 rings (SSSR count). The topological polar surface area (TPSA) is 64.6 Å². The molecule has 1 aliphatic heterocycles. The number of ether oxygens (including phenoxy) is 2. The molecule has 0 bridgehead atoms. The highest BCUT2D eigenvalue weighted by molar-refractivity contribution is 5.88. The van der Waals surface area contributed by atoms with Crippen LogP contribution < -0.4 is 5.32 Å². The molecule has 1 fully saturated rings. The fourth-order valence-electron chi connectivity index (χ4n) is 2.05. The van der Waals surface area contributed by atoms with E-state index in [0.717, 1.165) is 0 Å². The van der Waals surface area contributed by atoms with Crippen molar-refractivity contribution in [1.29, 1.82) is 0 Å². The number of methoxy groups -OCH3 is 1. The first-order valence-electron chi connectivity index (χ1n) is 5.55. The molecule has 1 aliphatic rings. The highest BCUT2D eigenvalue weighted by atomic mass is 16.5. The minimum Gasteiger partial charge on any atom is -0.464 e. The Hall–Kier alpha value is -1.10. The zero-order chi connectivity index (χ0) is 12.1. The predicted molar refractivity (Wildman–Crippen MR) is 57.7 cm³/mol. The van der Waals surface area contributed by atoms with Gasteiger partial charge in [0.05, 0.1) is 6.61 Å². The minimum atomic E-state index is -0.516. The largest absolute Gasteiger partial charge is 0.464 e. The van der Waals surface area contributed by atoms with Crippen molar-refractivity contribution < 1.29 is 19.1 Å². The van der Waals surface area contributed by atoms with Gasteiger partial charge in [0.1, 0.15) is 6.04 Å². The fraction of sp³-hybridized carbons (Fsp3) is 0.818. The second-order valence-corrected chi connectivity index (χ2v) is 4.10. The molecule has 92 valence electrons. The normalized spacial score (nSPS) is 26.3. The van der Waals surface area contributed by atoms with Crippen LogP contribution in [0.2, 0.25) is 0 Å². The Kier molecular flexibility index (Phi) is 4.73. The van der Waals surface area contributed by atoms with E-state index >= 15 is 0 Å². The summed E-state index contributed by atoms with van der Waals surface area (Å²) in [5.41, 5.74) is 0. The molecule has 3 atom stereocenters. The van der Waals surface area contributed by atoms with Gasteiger partial charge in [-0.2, -0.15) is 0 Å². The lowest BCUT2D eigenvalue weighted by Gasteiger charge is -2.22. The van der Waals surface area contributed by atoms with Gasteiger partial charge < -0.3 is 14.8 Å². The second-order valence-electron chi connectivity index (χ2n) is 4.10. The van der Waals surface area contributed by atoms with Gasteiger partial charge in [-0.05, 0) is 12.8 Å². The Balaban J connectivity index is 2.65. The van der Waals surface area contributed by atoms with Gasteiger partial charge in [-0.15, -0.1) is 0 Å². The lowest BCUT2D eigenvalue weighted by Crippen LogP contribution is -2.40. The third-order valence-corrected chi connectivity index (χ3v) is 2.87. The SMILES string of the molecule is CCOC(=O)C1NC(=O)CC1C(C)COC. The van der Waals surface area contributed by atoms with Gasteiger partial charge in [-0.25, -0.2) is 4.79 Å². The smallest absolute Gasteiger partial charge is 0.328 e. The number of carbonyl (C=O) groups excluding carboxylic acids is 2. The molecule has 0 aromatic carbocycles. The van der Waals surface area contributed by atoms with Crippen LogP contribution in [0.3, 0.4) is 0 Å². The van der Waals surface area contributed by atoms with Gasteiger partial charge in [0.25, 0.3) is 0 Å². The van der Waals surface area contributed by atoms with Crippen LogP contribution in [-0.4, -0.2) is 38.2 Å². The van der Waals surface area contributed by atoms with Crippen LogP contribution in [0.4, 0.5) is 0 Å². The van der Waals surface area contributed by atoms with E-state index < -0.39 is 6.04 Å². The summed E-state index contributed by atoms with van der Waals surface area (Å²) in [5, 5.41) is 2.66. The summed E-state index contributed by atoms with van der Waals surface area (Å²) in [4.78, 5) is 23.0. The third-order valence-electron chi connectivity index (χ3n) is 2.87. The molecule has 1 N–H and O–H groups in total. The third kappa shape index (κ3) is 2.95. The van der Waals surface area contributed by atoms with Crippen molar-refractivity contribution in [3.63, 3.8) is 0 Å². The van der Waals surface area contributed by atoms with Crippen LogP contribution in [0.25, 0.3) is 0 Å². The van der Waals surface area contributed by atoms with Gasteiger partial charge in [-0.1, -0.05) is 6.92 Å². The van der Waals surface area contributed by atoms with Crippen molar-refractivity contribution in [2.45, 2.75) is 26.3 Å². The van der Waals surface area contributed by atoms with Crippen LogP contribution in [0, 0.1) is 11.8 Å². The van der Waals surface area contributed by atoms with Crippen molar-refractivity contribution >= 4 is 11.9 Å². The van der Waals surface area contributed by atoms with E-state index in [2.05, 4.69) is 5.32 Å². The van der Waals surface area contributed by atoms with Crippen molar-refractivity contribution in [1.82, 2.24) is 5.32 Å². The molecule has 0 aliphatic carbocycles. The molecular formula is C11H19NO4. The maximum Gasteiger partial charge on any atom is 0.328 e. The highest BCUT2D eigenvalue weighted by Gasteiger charge is 2.41. The molecule has 0 saturated carbocycles. The maximum absolute atomic E-state index is 11.6. The molecule has 5 nitrogen and oxygen atoms in total. The van der Waals surface area contributed by atoms with E-state index in [-0.39, 0.29) is 23.7 Å². The standard InChI is InChI=1S/C11H19NO4/c1-4-16-11(14)10-8(5-9(13)12-10)7(2)6-15-3/h7-8,10H,4-6H2,1-3H3,(H,12,13). The average Bonchev–Trinajstić information content (AvgIpc) is 2.61. The first kappa shape index (κ1) is 13.0. The van der Waals surface area contributed by atoms with E-state index in [1.54, 1.807) is 14.0 Å². The molecule has 1 amide bonds. The predicted octanol–water partition coefficient (Wildman–Crippen LogP) is 0.337. The van der Waals surface area contributed by atoms with E-state index in [1.807, 2.05) is 6.92 Å². The van der Waals surface area contributed by atoms with Crippen LogP contribution in [-0.2, 0) is 19.1 Å². The van der Waals surface area contributed by atoms with E-state index in [1.165, 1.54) is 0 Å². The van der Waals surface area contributed by atoms with Crippen LogP contribution in [0.15, 0.2) is 0 Å². The van der Waals surface area contributed by atoms with Crippen molar-refractivity contribution in [2.75, 3.05) is 20.3 Å². The van der Waals surface area contributed by atoms with E-state index in [9.17, 15) is 9.59 Å². The Labute approximate surface area is 95.5 Å². The molecule has 1 saturated heterocycles. The minimum absolute atomic E-state index is 0.0356. The maximum atomic E-state index is 11.6. The van der Waals surface area contributed by atoms with Crippen LogP contribution >= 0.6 is 0 Å². The molecule has 16 heavy (non-hydrogen) atoms. The summed E-state index contributed by atoms with van der Waals surface area (Å²) in [6, 6.07) is -0.516. The Bertz CT molecular complexity index is 267. The number of hydrogen-bond donors (Lipinski definition) is 1. The van der Waals surface area contributed by atoms with E-state index in [0.29, 0.717) is 19.6 Å². The molecular weight excluding hydrogens is 210 g/mol. The number of esters is 1. The Morgan fingerprint density at radius 1 is 1.62 bits per heavy atom. The number of nitrogens with one attached hydrogen (secondary N) is 1. The van der Waals surface area contributed by atoms with Crippen molar-refractivity contribution in [3.05, 3.63) is 0 Å².